The van der Waals surface area contributed by atoms with Gasteiger partial charge in [0.15, 0.2) is 12.0 Å². The van der Waals surface area contributed by atoms with E-state index in [0.717, 1.165) is 12.1 Å². The molecular weight excluding hydrogens is 242 g/mol. The Labute approximate surface area is 102 Å². The Morgan fingerprint density at radius 1 is 1.50 bits per heavy atom. The zero-order valence-corrected chi connectivity index (χ0v) is 9.84. The maximum atomic E-state index is 11.6. The van der Waals surface area contributed by atoms with Crippen LogP contribution in [0, 0.1) is 10.1 Å². The lowest BCUT2D eigenvalue weighted by molar-refractivity contribution is -0.385. The average Bonchev–Trinajstić information content (AvgIpc) is 2.37. The van der Waals surface area contributed by atoms with E-state index in [1.54, 1.807) is 6.92 Å². The topological polar surface area (TPSA) is 95.7 Å². The number of benzene rings is 1. The fourth-order valence-electron chi connectivity index (χ4n) is 1.37. The Morgan fingerprint density at radius 2 is 2.17 bits per heavy atom. The van der Waals surface area contributed by atoms with Gasteiger partial charge in [-0.2, -0.15) is 0 Å². The van der Waals surface area contributed by atoms with Crippen molar-refractivity contribution in [3.8, 4) is 5.75 Å². The monoisotopic (exact) mass is 253 g/mol. The number of esters is 1. The molecule has 0 aliphatic carbocycles. The number of methoxy groups -OCH3 is 1. The highest BCUT2D eigenvalue weighted by Crippen LogP contribution is 2.30. The van der Waals surface area contributed by atoms with Crippen LogP contribution >= 0.6 is 0 Å². The molecule has 0 unspecified atom stereocenters. The molecule has 0 radical (unpaired) electrons. The van der Waals surface area contributed by atoms with Crippen LogP contribution in [0.15, 0.2) is 12.1 Å². The first-order valence-electron chi connectivity index (χ1n) is 5.03. The highest BCUT2D eigenvalue weighted by atomic mass is 16.6. The van der Waals surface area contributed by atoms with E-state index in [0.29, 0.717) is 6.29 Å². The van der Waals surface area contributed by atoms with Crippen LogP contribution in [0.1, 0.15) is 27.6 Å². The van der Waals surface area contributed by atoms with E-state index in [9.17, 15) is 19.7 Å². The number of hydrogen-bond donors (Lipinski definition) is 0. The van der Waals surface area contributed by atoms with Gasteiger partial charge >= 0.3 is 11.7 Å². The van der Waals surface area contributed by atoms with Crippen LogP contribution in [-0.4, -0.2) is 30.9 Å². The molecule has 7 heteroatoms. The van der Waals surface area contributed by atoms with Gasteiger partial charge in [0, 0.05) is 11.6 Å². The highest BCUT2D eigenvalue weighted by Gasteiger charge is 2.22. The van der Waals surface area contributed by atoms with E-state index in [2.05, 4.69) is 0 Å². The summed E-state index contributed by atoms with van der Waals surface area (Å²) >= 11 is 0. The maximum absolute atomic E-state index is 11.6. The molecule has 0 N–H and O–H groups in total. The second kappa shape index (κ2) is 5.76. The van der Waals surface area contributed by atoms with E-state index in [1.165, 1.54) is 7.11 Å². The molecule has 1 aromatic rings. The quantitative estimate of drug-likeness (QED) is 0.342. The van der Waals surface area contributed by atoms with Gasteiger partial charge < -0.3 is 9.47 Å². The van der Waals surface area contributed by atoms with Crippen molar-refractivity contribution in [3.05, 3.63) is 33.4 Å². The maximum Gasteiger partial charge on any atom is 0.339 e. The third-order valence-corrected chi connectivity index (χ3v) is 2.17. The minimum atomic E-state index is -0.787. The summed E-state index contributed by atoms with van der Waals surface area (Å²) < 4.78 is 9.51. The van der Waals surface area contributed by atoms with E-state index < -0.39 is 16.6 Å². The molecule has 1 rings (SSSR count). The Kier molecular flexibility index (Phi) is 4.36. The van der Waals surface area contributed by atoms with Gasteiger partial charge in [0.1, 0.15) is 0 Å². The number of nitro groups is 1. The largest absolute Gasteiger partial charge is 0.490 e. The minimum absolute atomic E-state index is 0.0177. The smallest absolute Gasteiger partial charge is 0.339 e. The summed E-state index contributed by atoms with van der Waals surface area (Å²) in [6, 6.07) is 2.11. The van der Waals surface area contributed by atoms with Gasteiger partial charge in [-0.3, -0.25) is 14.9 Å². The molecule has 0 fully saturated rings. The van der Waals surface area contributed by atoms with Crippen molar-refractivity contribution < 1.29 is 24.0 Å². The number of ether oxygens (including phenoxy) is 2. The van der Waals surface area contributed by atoms with Crippen LogP contribution in [0.2, 0.25) is 0 Å². The van der Waals surface area contributed by atoms with Crippen LogP contribution in [0.25, 0.3) is 0 Å². The Morgan fingerprint density at radius 3 is 2.61 bits per heavy atom. The first-order valence-corrected chi connectivity index (χ1v) is 5.03. The molecule has 0 spiro atoms. The standard InChI is InChI=1S/C11H11NO6/c1-3-18-11(14)8-5-9(12(15)16)10(17-2)4-7(8)6-13/h4-6H,3H2,1-2H3. The van der Waals surface area contributed by atoms with Crippen molar-refractivity contribution in [2.75, 3.05) is 13.7 Å². The van der Waals surface area contributed by atoms with Crippen molar-refractivity contribution in [3.63, 3.8) is 0 Å². The van der Waals surface area contributed by atoms with E-state index >= 15 is 0 Å². The summed E-state index contributed by atoms with van der Waals surface area (Å²) in [6.45, 7) is 1.70. The molecule has 0 saturated carbocycles. The normalized spacial score (nSPS) is 9.67. The molecule has 0 heterocycles. The predicted molar refractivity (Wildman–Crippen MR) is 61.0 cm³/mol. The summed E-state index contributed by atoms with van der Waals surface area (Å²) in [6.07, 6.45) is 0.415. The molecule has 18 heavy (non-hydrogen) atoms. The second-order valence-corrected chi connectivity index (χ2v) is 3.21. The lowest BCUT2D eigenvalue weighted by Gasteiger charge is -2.07. The summed E-state index contributed by atoms with van der Waals surface area (Å²) in [5.41, 5.74) is -0.568. The first-order chi connectivity index (χ1) is 8.54. The molecule has 0 aliphatic rings. The fraction of sp³-hybridized carbons (Fsp3) is 0.273. The number of rotatable bonds is 5. The number of nitrogens with zero attached hydrogens (tertiary/aromatic N) is 1. The third kappa shape index (κ3) is 2.62. The number of carbonyl (C=O) groups is 2. The zero-order valence-electron chi connectivity index (χ0n) is 9.84. The summed E-state index contributed by atoms with van der Waals surface area (Å²) in [5.74, 6) is -0.875. The van der Waals surface area contributed by atoms with Gasteiger partial charge in [0.25, 0.3) is 0 Å². The minimum Gasteiger partial charge on any atom is -0.490 e. The van der Waals surface area contributed by atoms with Crippen LogP contribution in [-0.2, 0) is 4.74 Å². The Bertz CT molecular complexity index is 497. The van der Waals surface area contributed by atoms with E-state index in [4.69, 9.17) is 9.47 Å². The summed E-state index contributed by atoms with van der Waals surface area (Å²) in [7, 11) is 1.24. The summed E-state index contributed by atoms with van der Waals surface area (Å²) in [5, 5.41) is 10.8. The van der Waals surface area contributed by atoms with Crippen molar-refractivity contribution in [2.24, 2.45) is 0 Å². The lowest BCUT2D eigenvalue weighted by atomic mass is 10.1. The number of aldehydes is 1. The second-order valence-electron chi connectivity index (χ2n) is 3.21. The van der Waals surface area contributed by atoms with Crippen molar-refractivity contribution in [2.45, 2.75) is 6.92 Å². The predicted octanol–water partition coefficient (Wildman–Crippen LogP) is 1.59. The van der Waals surface area contributed by atoms with Gasteiger partial charge in [-0.25, -0.2) is 4.79 Å². The van der Waals surface area contributed by atoms with E-state index in [1.807, 2.05) is 0 Å². The molecule has 7 nitrogen and oxygen atoms in total. The van der Waals surface area contributed by atoms with Crippen molar-refractivity contribution in [1.82, 2.24) is 0 Å². The van der Waals surface area contributed by atoms with Crippen molar-refractivity contribution >= 4 is 17.9 Å². The zero-order chi connectivity index (χ0) is 13.7. The summed E-state index contributed by atoms with van der Waals surface area (Å²) in [4.78, 5) is 32.5. The lowest BCUT2D eigenvalue weighted by Crippen LogP contribution is -2.09. The van der Waals surface area contributed by atoms with Crippen LogP contribution in [0.3, 0.4) is 0 Å². The molecule has 0 atom stereocenters. The SMILES string of the molecule is CCOC(=O)c1cc([N+](=O)[O-])c(OC)cc1C=O. The van der Waals surface area contributed by atoms with Gasteiger partial charge in [0.05, 0.1) is 24.2 Å². The molecule has 0 aliphatic heterocycles. The Hall–Kier alpha value is -2.44. The van der Waals surface area contributed by atoms with Crippen LogP contribution in [0.4, 0.5) is 5.69 Å². The Balaban J connectivity index is 3.40. The first kappa shape index (κ1) is 13.6. The van der Waals surface area contributed by atoms with Crippen molar-refractivity contribution in [1.29, 1.82) is 0 Å². The van der Waals surface area contributed by atoms with Crippen LogP contribution < -0.4 is 4.74 Å². The number of carbonyl (C=O) groups excluding carboxylic acids is 2. The average molecular weight is 253 g/mol. The molecule has 1 aromatic carbocycles. The van der Waals surface area contributed by atoms with E-state index in [-0.39, 0.29) is 23.5 Å². The third-order valence-electron chi connectivity index (χ3n) is 2.17. The van der Waals surface area contributed by atoms with Gasteiger partial charge in [-0.15, -0.1) is 0 Å². The highest BCUT2D eigenvalue weighted by molar-refractivity contribution is 5.99. The molecule has 0 bridgehead atoms. The molecule has 0 saturated heterocycles. The fourth-order valence-corrected chi connectivity index (χ4v) is 1.37. The molecule has 96 valence electrons. The molecule has 0 aromatic heterocycles. The van der Waals surface area contributed by atoms with Gasteiger partial charge in [-0.1, -0.05) is 0 Å². The van der Waals surface area contributed by atoms with Gasteiger partial charge in [0.2, 0.25) is 0 Å². The molecule has 0 amide bonds. The molecular formula is C11H11NO6. The number of nitro benzene ring substituents is 1. The van der Waals surface area contributed by atoms with Gasteiger partial charge in [-0.05, 0) is 13.0 Å². The van der Waals surface area contributed by atoms with Crippen LogP contribution in [0.5, 0.6) is 5.75 Å². The number of hydrogen-bond acceptors (Lipinski definition) is 6.